The number of H-pyrrole nitrogens is 4. The van der Waals surface area contributed by atoms with Gasteiger partial charge in [-0.25, -0.2) is 39.1 Å². The molecule has 16 bridgehead atoms. The predicted molar refractivity (Wildman–Crippen MR) is 366 cm³/mol. The molecule has 96 heavy (non-hydrogen) atoms. The zero-order chi connectivity index (χ0) is 65.8. The highest BCUT2D eigenvalue weighted by Gasteiger charge is 2.20. The van der Waals surface area contributed by atoms with E-state index >= 15 is 0 Å². The van der Waals surface area contributed by atoms with Crippen molar-refractivity contribution in [3.8, 4) is 91.2 Å². The minimum Gasteiger partial charge on any atom is -0.482 e. The molecule has 4 aromatic carbocycles. The number of benzene rings is 4. The molecule has 0 spiro atoms. The standard InChI is InChI=1S/C76H50N8O12/c85-69(86)39-93-51-17-5-43(6-18-51)73-61-25-13-47(77-61)37-48-14-26-62(78-48)74(44-7-19-52(20-8-44)94-40-70(87)88)66-34-30-58(82-66)55(57-29-33-65(73)81-57)3-1-2-4-56-59-31-35-67(83-59)75(45-9-21-53(22-10-45)95-41-71(89)90)63-27-15-49(79-63)38-50-16-28-64(80-50)76(68-36-32-60(56)84-68)46-11-23-54(24-12-46)96-42-72(91)92/h5-38,77,79,82,84H,39-42H2,(H,85,86)(H,87,88)(H,89,90)(H,91,92). The van der Waals surface area contributed by atoms with E-state index in [0.29, 0.717) is 102 Å². The van der Waals surface area contributed by atoms with Crippen LogP contribution in [-0.2, 0) is 19.2 Å². The van der Waals surface area contributed by atoms with Gasteiger partial charge in [0.15, 0.2) is 26.4 Å². The predicted octanol–water partition coefficient (Wildman–Crippen LogP) is 13.5. The molecule has 0 saturated carbocycles. The third-order valence-electron chi connectivity index (χ3n) is 15.6. The Morgan fingerprint density at radius 3 is 0.906 bits per heavy atom. The Labute approximate surface area is 544 Å². The number of aromatic nitrogens is 8. The first kappa shape index (κ1) is 59.9. The van der Waals surface area contributed by atoms with E-state index in [0.717, 1.165) is 66.6 Å². The van der Waals surface area contributed by atoms with Gasteiger partial charge >= 0.3 is 23.9 Å². The summed E-state index contributed by atoms with van der Waals surface area (Å²) in [6.45, 7) is -2.02. The topological polar surface area (TPSA) is 301 Å². The Kier molecular flexibility index (Phi) is 16.1. The third-order valence-corrected chi connectivity index (χ3v) is 15.6. The lowest BCUT2D eigenvalue weighted by atomic mass is 10.0. The number of nitrogens with one attached hydrogen (secondary N) is 4. The molecule has 14 rings (SSSR count). The molecule has 0 fully saturated rings. The summed E-state index contributed by atoms with van der Waals surface area (Å²) in [4.78, 5) is 80.8. The van der Waals surface area contributed by atoms with Crippen LogP contribution in [0.2, 0.25) is 0 Å². The number of rotatable bonds is 16. The maximum absolute atomic E-state index is 11.4. The highest BCUT2D eigenvalue weighted by atomic mass is 16.5. The molecule has 0 unspecified atom stereocenters. The van der Waals surface area contributed by atoms with E-state index in [1.807, 2.05) is 158 Å². The van der Waals surface area contributed by atoms with Crippen molar-refractivity contribution in [1.82, 2.24) is 39.9 Å². The van der Waals surface area contributed by atoms with E-state index in [9.17, 15) is 39.6 Å². The van der Waals surface area contributed by atoms with E-state index in [4.69, 9.17) is 38.9 Å². The second-order valence-electron chi connectivity index (χ2n) is 22.0. The van der Waals surface area contributed by atoms with Gasteiger partial charge in [-0.2, -0.15) is 0 Å². The van der Waals surface area contributed by atoms with Crippen molar-refractivity contribution in [2.24, 2.45) is 0 Å². The second kappa shape index (κ2) is 25.9. The molecule has 0 atom stereocenters. The van der Waals surface area contributed by atoms with E-state index in [2.05, 4.69) is 43.6 Å². The van der Waals surface area contributed by atoms with Crippen molar-refractivity contribution in [2.75, 3.05) is 26.4 Å². The van der Waals surface area contributed by atoms with Crippen LogP contribution in [0.4, 0.5) is 0 Å². The molecule has 0 radical (unpaired) electrons. The lowest BCUT2D eigenvalue weighted by Gasteiger charge is -2.07. The molecule has 4 aliphatic rings. The summed E-state index contributed by atoms with van der Waals surface area (Å²) >= 11 is 0. The minimum atomic E-state index is -1.10. The zero-order valence-electron chi connectivity index (χ0n) is 50.3. The highest BCUT2D eigenvalue weighted by Crippen LogP contribution is 2.38. The van der Waals surface area contributed by atoms with Gasteiger partial charge in [-0.05, 0) is 204 Å². The number of carbonyl (C=O) groups is 4. The number of aromatic amines is 4. The molecule has 8 N–H and O–H groups in total. The van der Waals surface area contributed by atoms with Crippen molar-refractivity contribution in [2.45, 2.75) is 0 Å². The van der Waals surface area contributed by atoms with Gasteiger partial charge in [0, 0.05) is 55.4 Å². The van der Waals surface area contributed by atoms with Crippen LogP contribution in [0.3, 0.4) is 0 Å². The molecular weight excluding hydrogens is 1220 g/mol. The number of hydrogen-bond donors (Lipinski definition) is 8. The first-order chi connectivity index (χ1) is 46.8. The lowest BCUT2D eigenvalue weighted by molar-refractivity contribution is -0.140. The molecule has 20 nitrogen and oxygen atoms in total. The van der Waals surface area contributed by atoms with Gasteiger partial charge in [0.25, 0.3) is 0 Å². The Hall–Kier alpha value is -13.7. The van der Waals surface area contributed by atoms with E-state index in [-0.39, 0.29) is 0 Å². The van der Waals surface area contributed by atoms with Gasteiger partial charge < -0.3 is 59.3 Å². The van der Waals surface area contributed by atoms with Gasteiger partial charge in [0.1, 0.15) is 23.0 Å². The monoisotopic (exact) mass is 1270 g/mol. The van der Waals surface area contributed by atoms with Gasteiger partial charge in [0.2, 0.25) is 0 Å². The molecule has 0 aliphatic carbocycles. The summed E-state index contributed by atoms with van der Waals surface area (Å²) in [5.41, 5.74) is 17.3. The summed E-state index contributed by atoms with van der Waals surface area (Å²) in [5.74, 6) is 10.3. The lowest BCUT2D eigenvalue weighted by Crippen LogP contribution is -2.09. The average Bonchev–Trinajstić information content (AvgIpc) is 1.63. The highest BCUT2D eigenvalue weighted by molar-refractivity contribution is 5.97. The van der Waals surface area contributed by atoms with Crippen LogP contribution in [0.25, 0.3) is 137 Å². The minimum absolute atomic E-state index is 0.376. The SMILES string of the molecule is O=C(O)COc1ccc(-c2c3nc(c(C#CC#Cc4c5nc(c(-c6ccc(OCC(=O)O)cc6)c6ccc(cc7nc(c(-c8ccc(OCC(=O)O)cc8)c8ccc4[nH]8)C=C7)[nH]6)C=C5)c4ccc([nH]4)c(-c4ccc(OCC(=O)O)cc4)c4nc(cc5ccc2[nH]5)C=C4)C=C3)cc1. The number of hydrogen-bond acceptors (Lipinski definition) is 12. The van der Waals surface area contributed by atoms with Crippen LogP contribution in [0, 0.1) is 23.7 Å². The van der Waals surface area contributed by atoms with E-state index in [1.54, 1.807) is 48.5 Å². The Bertz CT molecular complexity index is 5040. The van der Waals surface area contributed by atoms with Crippen LogP contribution < -0.4 is 18.9 Å². The third kappa shape index (κ3) is 13.0. The van der Waals surface area contributed by atoms with Crippen LogP contribution in [-0.4, -0.2) is 111 Å². The molecular formula is C76H50N8O12. The molecule has 466 valence electrons. The number of aliphatic carboxylic acids is 4. The van der Waals surface area contributed by atoms with Crippen LogP contribution in [0.1, 0.15) is 56.7 Å². The smallest absolute Gasteiger partial charge is 0.341 e. The molecule has 20 heteroatoms. The molecule has 10 heterocycles. The normalized spacial score (nSPS) is 11.7. The zero-order valence-corrected chi connectivity index (χ0v) is 50.3. The van der Waals surface area contributed by atoms with Gasteiger partial charge in [-0.15, -0.1) is 0 Å². The van der Waals surface area contributed by atoms with E-state index in [1.165, 1.54) is 0 Å². The molecule has 6 aromatic heterocycles. The molecule has 10 aromatic rings. The van der Waals surface area contributed by atoms with Gasteiger partial charge in [-0.1, -0.05) is 48.5 Å². The first-order valence-corrected chi connectivity index (χ1v) is 29.9. The molecule has 0 amide bonds. The average molecular weight is 1270 g/mol. The largest absolute Gasteiger partial charge is 0.482 e. The number of carboxylic acids is 4. The van der Waals surface area contributed by atoms with Crippen molar-refractivity contribution in [3.05, 3.63) is 214 Å². The van der Waals surface area contributed by atoms with Gasteiger partial charge in [-0.3, -0.25) is 0 Å². The number of fused-ring (bicyclic) bond motifs is 16. The fourth-order valence-electron chi connectivity index (χ4n) is 11.4. The Balaban J connectivity index is 0.985. The summed E-state index contributed by atoms with van der Waals surface area (Å²) in [6, 6.07) is 47.8. The maximum atomic E-state index is 11.4. The van der Waals surface area contributed by atoms with Crippen molar-refractivity contribution in [3.63, 3.8) is 0 Å². The fraction of sp³-hybridized carbons (Fsp3) is 0.0526. The quantitative estimate of drug-likeness (QED) is 0.0417. The summed E-state index contributed by atoms with van der Waals surface area (Å²) in [5, 5.41) is 37.3. The number of ether oxygens (including phenoxy) is 4. The van der Waals surface area contributed by atoms with Crippen molar-refractivity contribution in [1.29, 1.82) is 0 Å². The van der Waals surface area contributed by atoms with Crippen LogP contribution >= 0.6 is 0 Å². The Morgan fingerprint density at radius 2 is 0.583 bits per heavy atom. The van der Waals surface area contributed by atoms with Crippen LogP contribution in [0.5, 0.6) is 23.0 Å². The van der Waals surface area contributed by atoms with Gasteiger partial charge in [0.05, 0.1) is 67.7 Å². The Morgan fingerprint density at radius 1 is 0.312 bits per heavy atom. The summed E-state index contributed by atoms with van der Waals surface area (Å²) in [6.07, 6.45) is 15.3. The second-order valence-corrected chi connectivity index (χ2v) is 22.0. The maximum Gasteiger partial charge on any atom is 0.341 e. The first-order valence-electron chi connectivity index (χ1n) is 29.9. The number of nitrogens with zero attached hydrogens (tertiary/aromatic N) is 4. The van der Waals surface area contributed by atoms with Crippen molar-refractivity contribution >= 4 is 117 Å². The summed E-state index contributed by atoms with van der Waals surface area (Å²) in [7, 11) is 0. The van der Waals surface area contributed by atoms with Crippen molar-refractivity contribution < 1.29 is 58.6 Å². The molecule has 4 aliphatic heterocycles. The molecule has 0 saturated heterocycles. The summed E-state index contributed by atoms with van der Waals surface area (Å²) < 4.78 is 22.0. The number of carboxylic acid groups (broad SMARTS) is 4. The fourth-order valence-corrected chi connectivity index (χ4v) is 11.4. The van der Waals surface area contributed by atoms with E-state index < -0.39 is 50.3 Å². The van der Waals surface area contributed by atoms with Crippen LogP contribution in [0.15, 0.2) is 158 Å².